The van der Waals surface area contributed by atoms with E-state index in [2.05, 4.69) is 25.7 Å². The number of rotatable bonds is 8. The zero-order valence-electron chi connectivity index (χ0n) is 17.4. The summed E-state index contributed by atoms with van der Waals surface area (Å²) < 4.78 is 0. The predicted molar refractivity (Wildman–Crippen MR) is 111 cm³/mol. The Bertz CT molecular complexity index is 602. The molecule has 1 fully saturated rings. The van der Waals surface area contributed by atoms with Crippen molar-refractivity contribution in [2.45, 2.75) is 46.5 Å². The average Bonchev–Trinajstić information content (AvgIpc) is 2.72. The van der Waals surface area contributed by atoms with Crippen molar-refractivity contribution in [2.75, 3.05) is 44.7 Å². The molecule has 27 heavy (non-hydrogen) atoms. The van der Waals surface area contributed by atoms with Crippen molar-refractivity contribution in [1.29, 1.82) is 0 Å². The van der Waals surface area contributed by atoms with Crippen LogP contribution in [-0.4, -0.2) is 61.4 Å². The van der Waals surface area contributed by atoms with E-state index in [1.165, 1.54) is 0 Å². The highest BCUT2D eigenvalue weighted by Crippen LogP contribution is 2.22. The molecular weight excluding hydrogens is 338 g/mol. The van der Waals surface area contributed by atoms with Gasteiger partial charge in [0.05, 0.1) is 0 Å². The number of benzene rings is 1. The Morgan fingerprint density at radius 1 is 1.04 bits per heavy atom. The summed E-state index contributed by atoms with van der Waals surface area (Å²) in [6.45, 7) is 10.5. The maximum absolute atomic E-state index is 12.8. The maximum Gasteiger partial charge on any atom is 0.253 e. The number of nitrogens with zero attached hydrogens (tertiary/aromatic N) is 3. The van der Waals surface area contributed by atoms with Gasteiger partial charge in [0.1, 0.15) is 0 Å². The highest BCUT2D eigenvalue weighted by molar-refractivity contribution is 5.94. The Balaban J connectivity index is 1.90. The van der Waals surface area contributed by atoms with Crippen LogP contribution < -0.4 is 4.90 Å². The van der Waals surface area contributed by atoms with Gasteiger partial charge in [-0.1, -0.05) is 13.3 Å². The fraction of sp³-hybridized carbons (Fsp3) is 0.636. The molecule has 2 rings (SSSR count). The van der Waals surface area contributed by atoms with E-state index in [1.807, 2.05) is 41.1 Å². The molecule has 5 nitrogen and oxygen atoms in total. The molecule has 1 heterocycles. The van der Waals surface area contributed by atoms with Crippen molar-refractivity contribution in [1.82, 2.24) is 9.80 Å². The van der Waals surface area contributed by atoms with Gasteiger partial charge in [-0.2, -0.15) is 0 Å². The Kier molecular flexibility index (Phi) is 8.14. The minimum Gasteiger partial charge on any atom is -0.372 e. The zero-order valence-corrected chi connectivity index (χ0v) is 17.4. The second kappa shape index (κ2) is 10.3. The highest BCUT2D eigenvalue weighted by Gasteiger charge is 2.29. The molecule has 2 amide bonds. The van der Waals surface area contributed by atoms with Gasteiger partial charge in [-0.25, -0.2) is 0 Å². The molecule has 0 aliphatic carbocycles. The number of hydrogen-bond donors (Lipinski definition) is 0. The summed E-state index contributed by atoms with van der Waals surface area (Å²) in [5, 5.41) is 0. The van der Waals surface area contributed by atoms with Crippen molar-refractivity contribution in [3.8, 4) is 0 Å². The number of likely N-dealkylation sites (tertiary alicyclic amines) is 1. The van der Waals surface area contributed by atoms with E-state index in [4.69, 9.17) is 0 Å². The minimum atomic E-state index is 0.0564. The topological polar surface area (TPSA) is 43.9 Å². The standard InChI is InChI=1S/C22H35N3O2/c1-5-8-15-23(4)21(26)19-13-16-25(17-14-19)22(27)18-9-11-20(12-10-18)24(6-2)7-3/h9-12,19H,5-8,13-17H2,1-4H3. The first-order valence-electron chi connectivity index (χ1n) is 10.4. The summed E-state index contributed by atoms with van der Waals surface area (Å²) in [6.07, 6.45) is 3.66. The summed E-state index contributed by atoms with van der Waals surface area (Å²) in [7, 11) is 1.90. The lowest BCUT2D eigenvalue weighted by Crippen LogP contribution is -2.43. The lowest BCUT2D eigenvalue weighted by atomic mass is 9.94. The molecule has 0 bridgehead atoms. The molecule has 1 aromatic carbocycles. The normalized spacial score (nSPS) is 14.9. The van der Waals surface area contributed by atoms with Crippen molar-refractivity contribution in [3.05, 3.63) is 29.8 Å². The largest absolute Gasteiger partial charge is 0.372 e. The van der Waals surface area contributed by atoms with E-state index < -0.39 is 0 Å². The van der Waals surface area contributed by atoms with Crippen LogP contribution in [0.4, 0.5) is 5.69 Å². The lowest BCUT2D eigenvalue weighted by molar-refractivity contribution is -0.135. The van der Waals surface area contributed by atoms with E-state index in [-0.39, 0.29) is 17.7 Å². The first-order chi connectivity index (χ1) is 13.0. The summed E-state index contributed by atoms with van der Waals surface area (Å²) in [5.74, 6) is 0.367. The van der Waals surface area contributed by atoms with E-state index in [1.54, 1.807) is 0 Å². The first-order valence-corrected chi connectivity index (χ1v) is 10.4. The lowest BCUT2D eigenvalue weighted by Gasteiger charge is -2.33. The van der Waals surface area contributed by atoms with Gasteiger partial charge in [-0.05, 0) is 57.4 Å². The van der Waals surface area contributed by atoms with Crippen LogP contribution in [0.3, 0.4) is 0 Å². The number of anilines is 1. The van der Waals surface area contributed by atoms with Crippen molar-refractivity contribution >= 4 is 17.5 Å². The first kappa shape index (κ1) is 21.3. The highest BCUT2D eigenvalue weighted by atomic mass is 16.2. The van der Waals surface area contributed by atoms with Crippen LogP contribution in [0.25, 0.3) is 0 Å². The molecule has 1 aliphatic heterocycles. The molecule has 150 valence electrons. The van der Waals surface area contributed by atoms with E-state index in [0.717, 1.165) is 56.6 Å². The molecule has 0 radical (unpaired) electrons. The molecule has 0 saturated carbocycles. The summed E-state index contributed by atoms with van der Waals surface area (Å²) in [4.78, 5) is 31.3. The number of piperidine rings is 1. The van der Waals surface area contributed by atoms with Crippen LogP contribution in [0.1, 0.15) is 56.8 Å². The maximum atomic E-state index is 12.8. The Labute approximate surface area is 164 Å². The molecule has 0 N–H and O–H groups in total. The van der Waals surface area contributed by atoms with Crippen molar-refractivity contribution in [3.63, 3.8) is 0 Å². The molecule has 0 spiro atoms. The van der Waals surface area contributed by atoms with Gasteiger partial charge in [0.2, 0.25) is 5.91 Å². The van der Waals surface area contributed by atoms with Gasteiger partial charge in [0.15, 0.2) is 0 Å². The Morgan fingerprint density at radius 2 is 1.63 bits per heavy atom. The molecule has 5 heteroatoms. The Hall–Kier alpha value is -2.04. The van der Waals surface area contributed by atoms with Gasteiger partial charge in [0.25, 0.3) is 5.91 Å². The van der Waals surface area contributed by atoms with Gasteiger partial charge in [-0.3, -0.25) is 9.59 Å². The monoisotopic (exact) mass is 373 g/mol. The minimum absolute atomic E-state index is 0.0564. The van der Waals surface area contributed by atoms with E-state index >= 15 is 0 Å². The van der Waals surface area contributed by atoms with Gasteiger partial charge < -0.3 is 14.7 Å². The molecule has 0 atom stereocenters. The van der Waals surface area contributed by atoms with Gasteiger partial charge in [0, 0.05) is 56.9 Å². The second-order valence-electron chi connectivity index (χ2n) is 7.40. The number of amides is 2. The van der Waals surface area contributed by atoms with E-state index in [9.17, 15) is 9.59 Å². The van der Waals surface area contributed by atoms with Gasteiger partial charge in [-0.15, -0.1) is 0 Å². The number of unbranched alkanes of at least 4 members (excludes halogenated alkanes) is 1. The third-order valence-corrected chi connectivity index (χ3v) is 5.60. The SMILES string of the molecule is CCCCN(C)C(=O)C1CCN(C(=O)c2ccc(N(CC)CC)cc2)CC1. The molecule has 1 aliphatic rings. The van der Waals surface area contributed by atoms with Gasteiger partial charge >= 0.3 is 0 Å². The Morgan fingerprint density at radius 3 is 2.15 bits per heavy atom. The predicted octanol–water partition coefficient (Wildman–Crippen LogP) is 3.64. The van der Waals surface area contributed by atoms with Crippen LogP contribution in [0, 0.1) is 5.92 Å². The smallest absolute Gasteiger partial charge is 0.253 e. The van der Waals surface area contributed by atoms with Crippen LogP contribution in [0.2, 0.25) is 0 Å². The number of hydrogen-bond acceptors (Lipinski definition) is 3. The average molecular weight is 374 g/mol. The fourth-order valence-corrected chi connectivity index (χ4v) is 3.73. The van der Waals surface area contributed by atoms with Crippen LogP contribution in [0.5, 0.6) is 0 Å². The van der Waals surface area contributed by atoms with Crippen LogP contribution in [0.15, 0.2) is 24.3 Å². The van der Waals surface area contributed by atoms with Crippen LogP contribution >= 0.6 is 0 Å². The summed E-state index contributed by atoms with van der Waals surface area (Å²) >= 11 is 0. The molecule has 1 saturated heterocycles. The second-order valence-corrected chi connectivity index (χ2v) is 7.40. The third-order valence-electron chi connectivity index (χ3n) is 5.60. The molecule has 1 aromatic rings. The summed E-state index contributed by atoms with van der Waals surface area (Å²) in [6, 6.07) is 7.90. The van der Waals surface area contributed by atoms with E-state index in [0.29, 0.717) is 13.1 Å². The molecule has 0 aromatic heterocycles. The van der Waals surface area contributed by atoms with Crippen molar-refractivity contribution < 1.29 is 9.59 Å². The fourth-order valence-electron chi connectivity index (χ4n) is 3.73. The molecular formula is C22H35N3O2. The molecule has 0 unspecified atom stereocenters. The zero-order chi connectivity index (χ0) is 19.8. The quantitative estimate of drug-likeness (QED) is 0.699. The third kappa shape index (κ3) is 5.47. The number of carbonyl (C=O) groups excluding carboxylic acids is 2. The van der Waals surface area contributed by atoms with Crippen LogP contribution in [-0.2, 0) is 4.79 Å². The summed E-state index contributed by atoms with van der Waals surface area (Å²) in [5.41, 5.74) is 1.88. The number of carbonyl (C=O) groups is 2. The van der Waals surface area contributed by atoms with Crippen molar-refractivity contribution in [2.24, 2.45) is 5.92 Å².